The first-order valence-electron chi connectivity index (χ1n) is 0.947. The van der Waals surface area contributed by atoms with Crippen molar-refractivity contribution >= 4 is 16.2 Å². The van der Waals surface area contributed by atoms with Gasteiger partial charge in [0.1, 0.15) is 0 Å². The summed E-state index contributed by atoms with van der Waals surface area (Å²) in [5.74, 6) is 0. The predicted octanol–water partition coefficient (Wildman–Crippen LogP) is -1.01. The summed E-state index contributed by atoms with van der Waals surface area (Å²) in [6.07, 6.45) is 0. The van der Waals surface area contributed by atoms with Crippen molar-refractivity contribution < 1.29 is 53.0 Å². The molecule has 0 amide bonds. The molecule has 0 aliphatic carbocycles. The Bertz CT molecular complexity index is 40.1. The Balaban J connectivity index is 0. The second-order valence-electron chi connectivity index (χ2n) is 0.204. The number of hydrogen-bond acceptors (Lipinski definition) is 3. The monoisotopic (exact) mass is 306 g/mol. The Morgan fingerprint density at radius 1 is 1.50 bits per heavy atom. The fourth-order valence-corrected chi connectivity index (χ4v) is 0. The SMILES string of the molecule is [O]=[AlH].[O]=[Zr][Ce]=[O]. The molecule has 30 valence electrons. The molecule has 3 nitrogen and oxygen atoms in total. The van der Waals surface area contributed by atoms with Crippen molar-refractivity contribution in [2.75, 3.05) is 0 Å². The molecule has 0 radical (unpaired) electrons. The van der Waals surface area contributed by atoms with Crippen molar-refractivity contribution in [3.8, 4) is 0 Å². The summed E-state index contributed by atoms with van der Waals surface area (Å²) in [7, 11) is 0. The molecule has 0 heterocycles. The minimum absolute atomic E-state index is 0.611. The van der Waals surface area contributed by atoms with Crippen LogP contribution in [0.5, 0.6) is 0 Å². The van der Waals surface area contributed by atoms with Gasteiger partial charge in [0.2, 0.25) is 0 Å². The Hall–Kier alpha value is 2.19. The molecule has 0 aromatic rings. The summed E-state index contributed by atoms with van der Waals surface area (Å²) in [6.45, 7) is 0. The standard InChI is InChI=1S/Al.Ce.3O.Zr.H. The zero-order chi connectivity index (χ0) is 5.41. The third-order valence-electron chi connectivity index (χ3n) is 0.0417. The van der Waals surface area contributed by atoms with Gasteiger partial charge in [-0.15, -0.1) is 0 Å². The maximum atomic E-state index is 9.26. The summed E-state index contributed by atoms with van der Waals surface area (Å²) >= 11 is -2.35. The van der Waals surface area contributed by atoms with Crippen LogP contribution >= 0.6 is 0 Å². The van der Waals surface area contributed by atoms with Crippen molar-refractivity contribution in [1.29, 1.82) is 0 Å². The molecule has 0 saturated heterocycles. The quantitative estimate of drug-likeness (QED) is 0.584. The molecule has 0 fully saturated rings. The number of hydrogen-bond donors (Lipinski definition) is 0. The van der Waals surface area contributed by atoms with Crippen LogP contribution in [-0.2, 0) is 21.7 Å². The van der Waals surface area contributed by atoms with Gasteiger partial charge in [0.05, 0.1) is 0 Å². The first kappa shape index (κ1) is 11.1. The maximum absolute atomic E-state index is 9.26. The summed E-state index contributed by atoms with van der Waals surface area (Å²) in [6, 6.07) is 0. The van der Waals surface area contributed by atoms with E-state index in [-0.39, 0.29) is 0 Å². The van der Waals surface area contributed by atoms with Gasteiger partial charge >= 0.3 is 69.3 Å². The Morgan fingerprint density at radius 3 is 1.67 bits per heavy atom. The van der Waals surface area contributed by atoms with Gasteiger partial charge in [-0.1, -0.05) is 0 Å². The third-order valence-corrected chi connectivity index (χ3v) is 1.79. The van der Waals surface area contributed by atoms with Gasteiger partial charge < -0.3 is 0 Å². The molecule has 0 atom stereocenters. The molecule has 0 aliphatic rings. The predicted molar refractivity (Wildman–Crippen MR) is 9.21 cm³/mol. The van der Waals surface area contributed by atoms with Gasteiger partial charge in [-0.25, -0.2) is 0 Å². The molecule has 0 aliphatic heterocycles. The van der Waals surface area contributed by atoms with E-state index in [0.717, 1.165) is 0 Å². The number of rotatable bonds is 1. The van der Waals surface area contributed by atoms with Crippen molar-refractivity contribution in [1.82, 2.24) is 0 Å². The van der Waals surface area contributed by atoms with Crippen LogP contribution in [-0.4, -0.2) is 16.2 Å². The van der Waals surface area contributed by atoms with E-state index in [2.05, 4.69) is 0 Å². The molecular formula is HAlCeO3Zr. The van der Waals surface area contributed by atoms with Gasteiger partial charge in [0, 0.05) is 0 Å². The van der Waals surface area contributed by atoms with Gasteiger partial charge in [0.15, 0.2) is 0 Å². The van der Waals surface area contributed by atoms with Crippen molar-refractivity contribution in [2.45, 2.75) is 0 Å². The van der Waals surface area contributed by atoms with Crippen LogP contribution in [0, 0.1) is 31.4 Å². The van der Waals surface area contributed by atoms with E-state index in [4.69, 9.17) is 3.80 Å². The van der Waals surface area contributed by atoms with E-state index < -0.39 is 45.5 Å². The fraction of sp³-hybridized carbons (Fsp3) is 0. The van der Waals surface area contributed by atoms with Crippen LogP contribution < -0.4 is 0 Å². The third kappa shape index (κ3) is 16.4. The second-order valence-corrected chi connectivity index (χ2v) is 8.79. The van der Waals surface area contributed by atoms with Gasteiger partial charge in [-0.2, -0.15) is 0 Å². The Morgan fingerprint density at radius 2 is 1.67 bits per heavy atom. The molecule has 0 saturated carbocycles. The summed E-state index contributed by atoms with van der Waals surface area (Å²) in [5, 5.41) is 0. The molecule has 0 N–H and O–H groups in total. The van der Waals surface area contributed by atoms with E-state index in [1.165, 1.54) is 0 Å². The van der Waals surface area contributed by atoms with Crippen LogP contribution in [0.4, 0.5) is 0 Å². The van der Waals surface area contributed by atoms with Crippen LogP contribution in [0.1, 0.15) is 0 Å². The topological polar surface area (TPSA) is 51.2 Å². The Labute approximate surface area is 67.3 Å². The molecular weight excluding hydrogens is 306 g/mol. The molecule has 0 aromatic carbocycles. The van der Waals surface area contributed by atoms with Crippen LogP contribution in [0.2, 0.25) is 0 Å². The van der Waals surface area contributed by atoms with Gasteiger partial charge in [-0.3, -0.25) is 0 Å². The zero-order valence-electron chi connectivity index (χ0n) is 2.93. The van der Waals surface area contributed by atoms with E-state index in [1.54, 1.807) is 0 Å². The van der Waals surface area contributed by atoms with E-state index >= 15 is 0 Å². The average molecular weight is 307 g/mol. The van der Waals surface area contributed by atoms with Gasteiger partial charge in [-0.05, 0) is 0 Å². The molecule has 0 bridgehead atoms. The van der Waals surface area contributed by atoms with Crippen LogP contribution in [0.3, 0.4) is 0 Å². The summed E-state index contributed by atoms with van der Waals surface area (Å²) in [4.78, 5) is 0. The van der Waals surface area contributed by atoms with Crippen molar-refractivity contribution in [2.24, 2.45) is 0 Å². The van der Waals surface area contributed by atoms with E-state index in [1.807, 2.05) is 0 Å². The Kier molecular flexibility index (Phi) is 28.9. The first-order valence-corrected chi connectivity index (χ1v) is 14.3. The van der Waals surface area contributed by atoms with Crippen molar-refractivity contribution in [3.05, 3.63) is 0 Å². The van der Waals surface area contributed by atoms with Crippen LogP contribution in [0.15, 0.2) is 0 Å². The fourth-order valence-electron chi connectivity index (χ4n) is 0. The van der Waals surface area contributed by atoms with Crippen LogP contribution in [0.25, 0.3) is 0 Å². The molecule has 0 spiro atoms. The molecule has 6 heavy (non-hydrogen) atoms. The molecule has 6 heteroatoms. The van der Waals surface area contributed by atoms with Gasteiger partial charge in [0.25, 0.3) is 0 Å². The molecule has 0 rings (SSSR count). The summed E-state index contributed by atoms with van der Waals surface area (Å²) in [5.41, 5.74) is 0. The van der Waals surface area contributed by atoms with E-state index in [0.29, 0.717) is 16.2 Å². The van der Waals surface area contributed by atoms with Crippen molar-refractivity contribution in [3.63, 3.8) is 0 Å². The molecule has 0 aromatic heterocycles. The second kappa shape index (κ2) is 15.7. The minimum atomic E-state index is -1.57. The zero-order valence-corrected chi connectivity index (χ0v) is 9.94. The van der Waals surface area contributed by atoms with E-state index in [9.17, 15) is 3.75 Å². The molecule has 0 unspecified atom stereocenters. The normalized spacial score (nSPS) is 2.50. The first-order chi connectivity index (χ1) is 2.91. The summed E-state index contributed by atoms with van der Waals surface area (Å²) < 4.78 is 26.8. The average Bonchev–Trinajstić information content (AvgIpc) is 1.72.